The van der Waals surface area contributed by atoms with E-state index in [2.05, 4.69) is 10.4 Å². The number of carbonyl (C=O) groups is 3. The predicted molar refractivity (Wildman–Crippen MR) is 150 cm³/mol. The molecule has 2 aliphatic heterocycles. The van der Waals surface area contributed by atoms with Crippen molar-refractivity contribution in [1.29, 1.82) is 0 Å². The number of benzene rings is 2. The summed E-state index contributed by atoms with van der Waals surface area (Å²) in [4.78, 5) is 39.5. The number of piperidine rings is 1. The molecule has 4 amide bonds. The average molecular weight is 568 g/mol. The van der Waals surface area contributed by atoms with Crippen LogP contribution in [0.25, 0.3) is 22.0 Å². The largest absolute Gasteiger partial charge is 0.444 e. The number of nitrogens with one attached hydrogen (secondary N) is 1. The van der Waals surface area contributed by atoms with Gasteiger partial charge in [0.2, 0.25) is 5.91 Å². The zero-order valence-corrected chi connectivity index (χ0v) is 23.8. The van der Waals surface area contributed by atoms with E-state index in [1.54, 1.807) is 61.7 Å². The van der Waals surface area contributed by atoms with Crippen LogP contribution in [-0.4, -0.2) is 71.6 Å². The number of ether oxygens (including phenoxy) is 1. The molecule has 0 aliphatic carbocycles. The molecule has 5 rings (SSSR count). The molecule has 1 N–H and O–H groups in total. The summed E-state index contributed by atoms with van der Waals surface area (Å²) in [6, 6.07) is 12.0. The van der Waals surface area contributed by atoms with Crippen LogP contribution in [0.2, 0.25) is 0 Å². The van der Waals surface area contributed by atoms with Gasteiger partial charge < -0.3 is 9.64 Å². The third kappa shape index (κ3) is 5.40. The van der Waals surface area contributed by atoms with Crippen LogP contribution in [0.1, 0.15) is 40.0 Å². The Hall–Kier alpha value is -3.93. The van der Waals surface area contributed by atoms with Crippen molar-refractivity contribution in [2.24, 2.45) is 7.05 Å². The van der Waals surface area contributed by atoms with Gasteiger partial charge in [0, 0.05) is 38.5 Å². The molecule has 212 valence electrons. The van der Waals surface area contributed by atoms with Crippen molar-refractivity contribution in [3.05, 3.63) is 42.5 Å². The normalized spacial score (nSPS) is 17.3. The lowest BCUT2D eigenvalue weighted by molar-refractivity contribution is -0.120. The second kappa shape index (κ2) is 10.2. The summed E-state index contributed by atoms with van der Waals surface area (Å²) in [5.74, 6) is 0.175. The first-order valence-electron chi connectivity index (χ1n) is 13.2. The SMILES string of the molecule is Cn1nc(N2CCC(=O)NC2=O)c2ccc(-c3ccc(S(=O)(=O)C4CCN(C(=O)OC(C)(C)C)CC4)cc3)cc21. The van der Waals surface area contributed by atoms with Crippen LogP contribution in [-0.2, 0) is 26.4 Å². The van der Waals surface area contributed by atoms with Crippen LogP contribution in [0.4, 0.5) is 15.4 Å². The molecule has 0 radical (unpaired) electrons. The minimum absolute atomic E-state index is 0.208. The van der Waals surface area contributed by atoms with E-state index in [0.29, 0.717) is 31.7 Å². The van der Waals surface area contributed by atoms with Gasteiger partial charge in [-0.05, 0) is 69.0 Å². The van der Waals surface area contributed by atoms with Crippen LogP contribution in [0, 0.1) is 0 Å². The molecule has 2 aliphatic rings. The number of sulfone groups is 1. The molecule has 11 nitrogen and oxygen atoms in total. The lowest BCUT2D eigenvalue weighted by Crippen LogP contribution is -2.49. The van der Waals surface area contributed by atoms with Gasteiger partial charge in [0.1, 0.15) is 5.60 Å². The third-order valence-electron chi connectivity index (χ3n) is 7.19. The summed E-state index contributed by atoms with van der Waals surface area (Å²) in [7, 11) is -1.78. The highest BCUT2D eigenvalue weighted by molar-refractivity contribution is 7.92. The van der Waals surface area contributed by atoms with Crippen LogP contribution >= 0.6 is 0 Å². The molecular formula is C28H33N5O6S. The molecule has 3 aromatic rings. The molecule has 0 bridgehead atoms. The van der Waals surface area contributed by atoms with E-state index in [1.165, 1.54) is 4.90 Å². The number of aryl methyl sites for hydroxylation is 1. The highest BCUT2D eigenvalue weighted by Gasteiger charge is 2.34. The van der Waals surface area contributed by atoms with Gasteiger partial charge in [0.05, 0.1) is 15.7 Å². The summed E-state index contributed by atoms with van der Waals surface area (Å²) in [5.41, 5.74) is 1.90. The zero-order chi connectivity index (χ0) is 28.8. The van der Waals surface area contributed by atoms with Crippen molar-refractivity contribution in [2.45, 2.75) is 55.8 Å². The fourth-order valence-corrected chi connectivity index (χ4v) is 6.82. The molecule has 12 heteroatoms. The molecule has 0 spiro atoms. The quantitative estimate of drug-likeness (QED) is 0.507. The van der Waals surface area contributed by atoms with E-state index in [0.717, 1.165) is 22.0 Å². The van der Waals surface area contributed by atoms with Crippen LogP contribution in [0.3, 0.4) is 0 Å². The van der Waals surface area contributed by atoms with Crippen molar-refractivity contribution >= 4 is 44.6 Å². The Morgan fingerprint density at radius 1 is 1.00 bits per heavy atom. The van der Waals surface area contributed by atoms with Gasteiger partial charge in [0.15, 0.2) is 15.7 Å². The number of hydrogen-bond donors (Lipinski definition) is 1. The van der Waals surface area contributed by atoms with Crippen LogP contribution in [0.15, 0.2) is 47.4 Å². The van der Waals surface area contributed by atoms with Crippen LogP contribution in [0.5, 0.6) is 0 Å². The van der Waals surface area contributed by atoms with Crippen molar-refractivity contribution in [3.63, 3.8) is 0 Å². The number of nitrogens with zero attached hydrogens (tertiary/aromatic N) is 4. The van der Waals surface area contributed by atoms with E-state index in [4.69, 9.17) is 4.74 Å². The first-order valence-corrected chi connectivity index (χ1v) is 14.8. The summed E-state index contributed by atoms with van der Waals surface area (Å²) in [6.07, 6.45) is 0.498. The number of fused-ring (bicyclic) bond motifs is 1. The van der Waals surface area contributed by atoms with Gasteiger partial charge in [-0.3, -0.25) is 19.7 Å². The van der Waals surface area contributed by atoms with Gasteiger partial charge in [-0.1, -0.05) is 18.2 Å². The second-order valence-corrected chi connectivity index (χ2v) is 13.4. The van der Waals surface area contributed by atoms with Crippen molar-refractivity contribution in [1.82, 2.24) is 20.0 Å². The van der Waals surface area contributed by atoms with E-state index in [9.17, 15) is 22.8 Å². The molecular weight excluding hydrogens is 534 g/mol. The molecule has 0 atom stereocenters. The number of imide groups is 1. The Morgan fingerprint density at radius 3 is 2.27 bits per heavy atom. The smallest absolute Gasteiger partial charge is 0.410 e. The summed E-state index contributed by atoms with van der Waals surface area (Å²) in [5, 5.41) is 7.04. The Bertz CT molecular complexity index is 1580. The maximum atomic E-state index is 13.4. The fourth-order valence-electron chi connectivity index (χ4n) is 5.09. The molecule has 1 aromatic heterocycles. The maximum Gasteiger partial charge on any atom is 0.410 e. The van der Waals surface area contributed by atoms with Gasteiger partial charge in [0.25, 0.3) is 0 Å². The number of carbonyl (C=O) groups excluding carboxylic acids is 3. The van der Waals surface area contributed by atoms with E-state index in [1.807, 2.05) is 18.2 Å². The third-order valence-corrected chi connectivity index (χ3v) is 9.47. The predicted octanol–water partition coefficient (Wildman–Crippen LogP) is 3.86. The summed E-state index contributed by atoms with van der Waals surface area (Å²) >= 11 is 0. The second-order valence-electron chi connectivity index (χ2n) is 11.2. The van der Waals surface area contributed by atoms with Gasteiger partial charge in [-0.25, -0.2) is 18.0 Å². The minimum Gasteiger partial charge on any atom is -0.444 e. The van der Waals surface area contributed by atoms with E-state index in [-0.39, 0.29) is 23.8 Å². The Balaban J connectivity index is 1.31. The summed E-state index contributed by atoms with van der Waals surface area (Å²) in [6.45, 7) is 6.33. The molecule has 0 unspecified atom stereocenters. The fraction of sp³-hybridized carbons (Fsp3) is 0.429. The Labute approximate surface area is 233 Å². The number of rotatable bonds is 4. The molecule has 0 saturated carbocycles. The van der Waals surface area contributed by atoms with E-state index >= 15 is 0 Å². The lowest BCUT2D eigenvalue weighted by Gasteiger charge is -2.33. The molecule has 40 heavy (non-hydrogen) atoms. The number of likely N-dealkylation sites (tertiary alicyclic amines) is 1. The maximum absolute atomic E-state index is 13.4. The molecule has 2 saturated heterocycles. The van der Waals surface area contributed by atoms with Gasteiger partial charge in [-0.15, -0.1) is 0 Å². The number of aromatic nitrogens is 2. The van der Waals surface area contributed by atoms with Crippen molar-refractivity contribution in [3.8, 4) is 11.1 Å². The summed E-state index contributed by atoms with van der Waals surface area (Å²) < 4.78 is 33.8. The number of urea groups is 1. The highest BCUT2D eigenvalue weighted by Crippen LogP contribution is 2.32. The van der Waals surface area contributed by atoms with Crippen molar-refractivity contribution in [2.75, 3.05) is 24.5 Å². The monoisotopic (exact) mass is 567 g/mol. The Kier molecular flexibility index (Phi) is 7.07. The number of hydrogen-bond acceptors (Lipinski definition) is 7. The average Bonchev–Trinajstić information content (AvgIpc) is 3.23. The first-order chi connectivity index (χ1) is 18.8. The first kappa shape index (κ1) is 27.6. The lowest BCUT2D eigenvalue weighted by atomic mass is 10.0. The zero-order valence-electron chi connectivity index (χ0n) is 23.0. The van der Waals surface area contributed by atoms with Crippen molar-refractivity contribution < 1.29 is 27.5 Å². The Morgan fingerprint density at radius 2 is 1.65 bits per heavy atom. The van der Waals surface area contributed by atoms with Crippen LogP contribution < -0.4 is 10.2 Å². The topological polar surface area (TPSA) is 131 Å². The van der Waals surface area contributed by atoms with E-state index < -0.39 is 32.8 Å². The molecule has 2 fully saturated rings. The highest BCUT2D eigenvalue weighted by atomic mass is 32.2. The number of anilines is 1. The standard InChI is InChI=1S/C28H33N5O6S/c1-28(2,3)39-27(36)32-14-11-21(12-15-32)40(37,38)20-8-5-18(6-9-20)19-7-10-22-23(17-19)31(4)30-25(22)33-16-13-24(34)29-26(33)35/h5-10,17,21H,11-16H2,1-4H3,(H,29,34,35). The minimum atomic E-state index is -3.57. The molecule has 3 heterocycles. The van der Waals surface area contributed by atoms with Gasteiger partial charge >= 0.3 is 12.1 Å². The molecule has 2 aromatic carbocycles. The van der Waals surface area contributed by atoms with Gasteiger partial charge in [-0.2, -0.15) is 5.10 Å². The number of amides is 4.